The maximum atomic E-state index is 12.9. The van der Waals surface area contributed by atoms with E-state index in [1.54, 1.807) is 18.1 Å². The molecule has 24 heavy (non-hydrogen) atoms. The van der Waals surface area contributed by atoms with Crippen molar-refractivity contribution >= 4 is 5.91 Å². The summed E-state index contributed by atoms with van der Waals surface area (Å²) in [6.45, 7) is 1.12. The summed E-state index contributed by atoms with van der Waals surface area (Å²) < 4.78 is 11.3. The number of nitrogens with two attached hydrogens (primary N) is 1. The second-order valence-corrected chi connectivity index (χ2v) is 5.89. The minimum Gasteiger partial charge on any atom is -0.457 e. The van der Waals surface area contributed by atoms with Gasteiger partial charge in [-0.3, -0.25) is 4.79 Å². The van der Waals surface area contributed by atoms with Crippen molar-refractivity contribution in [3.8, 4) is 11.5 Å². The summed E-state index contributed by atoms with van der Waals surface area (Å²) in [4.78, 5) is 14.7. The van der Waals surface area contributed by atoms with Crippen LogP contribution in [0.25, 0.3) is 0 Å². The van der Waals surface area contributed by atoms with Crippen LogP contribution in [0.15, 0.2) is 54.6 Å². The number of ether oxygens (including phenoxy) is 2. The van der Waals surface area contributed by atoms with E-state index in [0.29, 0.717) is 30.2 Å². The monoisotopic (exact) mass is 326 g/mol. The molecule has 2 aromatic carbocycles. The first-order valence-electron chi connectivity index (χ1n) is 8.08. The second kappa shape index (κ2) is 7.47. The molecule has 0 aromatic heterocycles. The number of piperidine rings is 1. The average Bonchev–Trinajstić information content (AvgIpc) is 2.63. The Hall–Kier alpha value is -2.37. The van der Waals surface area contributed by atoms with Crippen LogP contribution in [0.5, 0.6) is 11.5 Å². The highest BCUT2D eigenvalue weighted by Gasteiger charge is 2.30. The molecule has 1 aliphatic heterocycles. The lowest BCUT2D eigenvalue weighted by Gasteiger charge is -2.36. The number of rotatable bonds is 4. The molecule has 0 unspecified atom stereocenters. The predicted molar refractivity (Wildman–Crippen MR) is 92.3 cm³/mol. The van der Waals surface area contributed by atoms with Crippen LogP contribution in [0.2, 0.25) is 0 Å². The van der Waals surface area contributed by atoms with Crippen molar-refractivity contribution in [1.29, 1.82) is 0 Å². The molecule has 2 aromatic rings. The Kier molecular flexibility index (Phi) is 5.13. The molecule has 2 atom stereocenters. The Morgan fingerprint density at radius 3 is 2.58 bits per heavy atom. The molecular formula is C19H22N2O3. The molecule has 5 heteroatoms. The van der Waals surface area contributed by atoms with E-state index in [4.69, 9.17) is 15.2 Å². The van der Waals surface area contributed by atoms with Gasteiger partial charge in [-0.2, -0.15) is 0 Å². The zero-order chi connectivity index (χ0) is 16.9. The first-order chi connectivity index (χ1) is 11.7. The zero-order valence-electron chi connectivity index (χ0n) is 13.7. The molecule has 0 bridgehead atoms. The van der Waals surface area contributed by atoms with Gasteiger partial charge in [0.15, 0.2) is 0 Å². The molecule has 126 valence electrons. The van der Waals surface area contributed by atoms with Crippen LogP contribution in [0, 0.1) is 0 Å². The van der Waals surface area contributed by atoms with E-state index in [0.717, 1.165) is 6.42 Å². The minimum absolute atomic E-state index is 0.0325. The maximum absolute atomic E-state index is 12.9. The number of methoxy groups -OCH3 is 1. The van der Waals surface area contributed by atoms with Crippen LogP contribution in [-0.4, -0.2) is 43.2 Å². The van der Waals surface area contributed by atoms with Crippen molar-refractivity contribution in [2.45, 2.75) is 18.6 Å². The standard InChI is InChI=1S/C19H22N2O3/c1-23-18-13-21(12-11-16(18)20)19(22)15-9-5-6-10-17(15)24-14-7-3-2-4-8-14/h2-10,16,18H,11-13,20H2,1H3/t16-,18+/m0/s1. The molecule has 1 saturated heterocycles. The Morgan fingerprint density at radius 1 is 1.12 bits per heavy atom. The van der Waals surface area contributed by atoms with Crippen molar-refractivity contribution in [3.63, 3.8) is 0 Å². The lowest BCUT2D eigenvalue weighted by Crippen LogP contribution is -2.53. The minimum atomic E-state index is -0.134. The van der Waals surface area contributed by atoms with Crippen molar-refractivity contribution in [2.75, 3.05) is 20.2 Å². The van der Waals surface area contributed by atoms with E-state index in [-0.39, 0.29) is 18.1 Å². The fraction of sp³-hybridized carbons (Fsp3) is 0.316. The fourth-order valence-electron chi connectivity index (χ4n) is 2.89. The average molecular weight is 326 g/mol. The molecule has 0 aliphatic carbocycles. The van der Waals surface area contributed by atoms with Crippen LogP contribution >= 0.6 is 0 Å². The SMILES string of the molecule is CO[C@@H]1CN(C(=O)c2ccccc2Oc2ccccc2)CC[C@@H]1N. The number of carbonyl (C=O) groups is 1. The lowest BCUT2D eigenvalue weighted by molar-refractivity contribution is 0.0161. The molecule has 0 radical (unpaired) electrons. The van der Waals surface area contributed by atoms with Crippen LogP contribution in [0.3, 0.4) is 0 Å². The Labute approximate surface area is 142 Å². The van der Waals surface area contributed by atoms with Crippen LogP contribution in [0.1, 0.15) is 16.8 Å². The van der Waals surface area contributed by atoms with Crippen molar-refractivity contribution in [2.24, 2.45) is 5.73 Å². The number of hydrogen-bond donors (Lipinski definition) is 1. The van der Waals surface area contributed by atoms with Crippen LogP contribution < -0.4 is 10.5 Å². The third kappa shape index (κ3) is 3.58. The summed E-state index contributed by atoms with van der Waals surface area (Å²) in [7, 11) is 1.63. The quantitative estimate of drug-likeness (QED) is 0.938. The fourth-order valence-corrected chi connectivity index (χ4v) is 2.89. The number of carbonyl (C=O) groups excluding carboxylic acids is 1. The van der Waals surface area contributed by atoms with Crippen molar-refractivity contribution < 1.29 is 14.3 Å². The Balaban J connectivity index is 1.80. The first kappa shape index (κ1) is 16.5. The van der Waals surface area contributed by atoms with Crippen LogP contribution in [0.4, 0.5) is 0 Å². The number of likely N-dealkylation sites (tertiary alicyclic amines) is 1. The summed E-state index contributed by atoms with van der Waals surface area (Å²) in [6.07, 6.45) is 0.594. The number of nitrogens with zero attached hydrogens (tertiary/aromatic N) is 1. The third-order valence-electron chi connectivity index (χ3n) is 4.29. The highest BCUT2D eigenvalue weighted by molar-refractivity contribution is 5.97. The highest BCUT2D eigenvalue weighted by Crippen LogP contribution is 2.27. The van der Waals surface area contributed by atoms with E-state index in [2.05, 4.69) is 0 Å². The Bertz CT molecular complexity index is 690. The second-order valence-electron chi connectivity index (χ2n) is 5.89. The van der Waals surface area contributed by atoms with Gasteiger partial charge in [0.2, 0.25) is 0 Å². The van der Waals surface area contributed by atoms with Gasteiger partial charge in [-0.15, -0.1) is 0 Å². The van der Waals surface area contributed by atoms with Gasteiger partial charge in [-0.25, -0.2) is 0 Å². The van der Waals surface area contributed by atoms with Gasteiger partial charge >= 0.3 is 0 Å². The molecule has 1 heterocycles. The largest absolute Gasteiger partial charge is 0.457 e. The molecule has 5 nitrogen and oxygen atoms in total. The van der Waals surface area contributed by atoms with Crippen molar-refractivity contribution in [3.05, 3.63) is 60.2 Å². The van der Waals surface area contributed by atoms with Gasteiger partial charge in [0.25, 0.3) is 5.91 Å². The van der Waals surface area contributed by atoms with E-state index < -0.39 is 0 Å². The summed E-state index contributed by atoms with van der Waals surface area (Å²) in [5.41, 5.74) is 6.58. The molecular weight excluding hydrogens is 304 g/mol. The molecule has 2 N–H and O–H groups in total. The van der Waals surface area contributed by atoms with E-state index in [1.807, 2.05) is 48.5 Å². The van der Waals surface area contributed by atoms with Gasteiger partial charge in [-0.1, -0.05) is 30.3 Å². The van der Waals surface area contributed by atoms with Gasteiger partial charge in [0.1, 0.15) is 11.5 Å². The van der Waals surface area contributed by atoms with Crippen molar-refractivity contribution in [1.82, 2.24) is 4.90 Å². The maximum Gasteiger partial charge on any atom is 0.257 e. The van der Waals surface area contributed by atoms with Gasteiger partial charge < -0.3 is 20.1 Å². The van der Waals surface area contributed by atoms with Gasteiger partial charge in [0, 0.05) is 26.2 Å². The predicted octanol–water partition coefficient (Wildman–Crippen LogP) is 2.67. The summed E-state index contributed by atoms with van der Waals surface area (Å²) in [5, 5.41) is 0. The van der Waals surface area contributed by atoms with E-state index in [1.165, 1.54) is 0 Å². The molecule has 0 spiro atoms. The summed E-state index contributed by atoms with van der Waals surface area (Å²) >= 11 is 0. The topological polar surface area (TPSA) is 64.8 Å². The third-order valence-corrected chi connectivity index (χ3v) is 4.29. The van der Waals surface area contributed by atoms with Gasteiger partial charge in [0.05, 0.1) is 11.7 Å². The molecule has 1 fully saturated rings. The van der Waals surface area contributed by atoms with E-state index in [9.17, 15) is 4.79 Å². The molecule has 3 rings (SSSR count). The summed E-state index contributed by atoms with van der Waals surface area (Å²) in [6, 6.07) is 16.7. The molecule has 1 aliphatic rings. The number of benzene rings is 2. The Morgan fingerprint density at radius 2 is 1.83 bits per heavy atom. The normalized spacial score (nSPS) is 20.7. The number of para-hydroxylation sites is 2. The summed E-state index contributed by atoms with van der Waals surface area (Å²) in [5.74, 6) is 1.20. The molecule has 1 amide bonds. The van der Waals surface area contributed by atoms with Gasteiger partial charge in [-0.05, 0) is 30.7 Å². The molecule has 0 saturated carbocycles. The number of hydrogen-bond acceptors (Lipinski definition) is 4. The lowest BCUT2D eigenvalue weighted by atomic mass is 10.0. The zero-order valence-corrected chi connectivity index (χ0v) is 13.7. The number of amides is 1. The van der Waals surface area contributed by atoms with Crippen LogP contribution in [-0.2, 0) is 4.74 Å². The van der Waals surface area contributed by atoms with E-state index >= 15 is 0 Å². The smallest absolute Gasteiger partial charge is 0.257 e. The first-order valence-corrected chi connectivity index (χ1v) is 8.08. The highest BCUT2D eigenvalue weighted by atomic mass is 16.5.